The van der Waals surface area contributed by atoms with Crippen LogP contribution in [0.4, 0.5) is 5.13 Å². The van der Waals surface area contributed by atoms with E-state index in [0.29, 0.717) is 40.7 Å². The van der Waals surface area contributed by atoms with E-state index in [1.807, 2.05) is 0 Å². The standard InChI is InChI=1S/C18H20N4O5S/c1-26-10-5-9(6-11(7-10)27-2)16(24)22-18-21-15-12(3-4-13(15)28-18)17(25)20-8-14(19)23/h5-7,12H,3-4,8H2,1-2H3,(H2,19,23)(H,20,25)(H,21,22,24). The second kappa shape index (κ2) is 8.26. The highest BCUT2D eigenvalue weighted by Gasteiger charge is 2.33. The van der Waals surface area contributed by atoms with Crippen LogP contribution in [0.5, 0.6) is 11.5 Å². The molecule has 0 bridgehead atoms. The summed E-state index contributed by atoms with van der Waals surface area (Å²) in [6.45, 7) is -0.212. The van der Waals surface area contributed by atoms with Crippen LogP contribution in [0.3, 0.4) is 0 Å². The topological polar surface area (TPSA) is 133 Å². The molecule has 1 unspecified atom stereocenters. The van der Waals surface area contributed by atoms with Gasteiger partial charge in [-0.1, -0.05) is 0 Å². The number of benzene rings is 1. The summed E-state index contributed by atoms with van der Waals surface area (Å²) in [7, 11) is 3.01. The molecule has 0 saturated carbocycles. The molecule has 1 aromatic carbocycles. The van der Waals surface area contributed by atoms with Gasteiger partial charge in [0.15, 0.2) is 5.13 Å². The van der Waals surface area contributed by atoms with Gasteiger partial charge < -0.3 is 20.5 Å². The van der Waals surface area contributed by atoms with Gasteiger partial charge in [0.25, 0.3) is 5.91 Å². The van der Waals surface area contributed by atoms with Gasteiger partial charge in [-0.25, -0.2) is 4.98 Å². The number of amides is 3. The first-order valence-electron chi connectivity index (χ1n) is 8.51. The van der Waals surface area contributed by atoms with Crippen LogP contribution < -0.4 is 25.8 Å². The van der Waals surface area contributed by atoms with Gasteiger partial charge in [0, 0.05) is 16.5 Å². The number of primary amides is 1. The molecule has 3 rings (SSSR count). The minimum absolute atomic E-state index is 0.212. The first-order chi connectivity index (χ1) is 13.4. The number of fused-ring (bicyclic) bond motifs is 1. The zero-order valence-corrected chi connectivity index (χ0v) is 16.2. The number of ether oxygens (including phenoxy) is 2. The Balaban J connectivity index is 1.73. The van der Waals surface area contributed by atoms with Crippen LogP contribution in [-0.2, 0) is 16.0 Å². The number of aromatic nitrogens is 1. The molecule has 0 spiro atoms. The Morgan fingerprint density at radius 1 is 1.21 bits per heavy atom. The van der Waals surface area contributed by atoms with Crippen LogP contribution in [0.2, 0.25) is 0 Å². The summed E-state index contributed by atoms with van der Waals surface area (Å²) in [5, 5.41) is 5.66. The predicted molar refractivity (Wildman–Crippen MR) is 103 cm³/mol. The molecule has 3 amide bonds. The number of nitrogens with one attached hydrogen (secondary N) is 2. The molecule has 0 aliphatic heterocycles. The Morgan fingerprint density at radius 3 is 2.50 bits per heavy atom. The fourth-order valence-corrected chi connectivity index (χ4v) is 3.97. The summed E-state index contributed by atoms with van der Waals surface area (Å²) in [5.74, 6) is -0.716. The van der Waals surface area contributed by atoms with Gasteiger partial charge >= 0.3 is 0 Å². The van der Waals surface area contributed by atoms with Crippen molar-refractivity contribution in [3.8, 4) is 11.5 Å². The molecule has 10 heteroatoms. The fraction of sp³-hybridized carbons (Fsp3) is 0.333. The number of hydrogen-bond donors (Lipinski definition) is 3. The second-order valence-electron chi connectivity index (χ2n) is 6.16. The molecule has 1 aliphatic carbocycles. The summed E-state index contributed by atoms with van der Waals surface area (Å²) < 4.78 is 10.4. The molecule has 0 fully saturated rings. The monoisotopic (exact) mass is 404 g/mol. The molecule has 28 heavy (non-hydrogen) atoms. The quantitative estimate of drug-likeness (QED) is 0.632. The number of anilines is 1. The molecule has 1 atom stereocenters. The van der Waals surface area contributed by atoms with Crippen molar-refractivity contribution in [3.63, 3.8) is 0 Å². The third-order valence-corrected chi connectivity index (χ3v) is 5.35. The largest absolute Gasteiger partial charge is 0.497 e. The Morgan fingerprint density at radius 2 is 1.89 bits per heavy atom. The molecular formula is C18H20N4O5S. The lowest BCUT2D eigenvalue weighted by Gasteiger charge is -2.09. The predicted octanol–water partition coefficient (Wildman–Crippen LogP) is 1.04. The molecule has 0 radical (unpaired) electrons. The molecule has 1 heterocycles. The minimum atomic E-state index is -0.605. The molecule has 9 nitrogen and oxygen atoms in total. The maximum atomic E-state index is 12.6. The lowest BCUT2D eigenvalue weighted by atomic mass is 10.1. The van der Waals surface area contributed by atoms with E-state index < -0.39 is 11.8 Å². The van der Waals surface area contributed by atoms with Crippen LogP contribution in [-0.4, -0.2) is 43.5 Å². The number of thiazole rings is 1. The molecule has 148 valence electrons. The molecule has 0 saturated heterocycles. The number of nitrogens with two attached hydrogens (primary N) is 1. The zero-order chi connectivity index (χ0) is 20.3. The fourth-order valence-electron chi connectivity index (χ4n) is 2.94. The number of nitrogens with zero attached hydrogens (tertiary/aromatic N) is 1. The maximum absolute atomic E-state index is 12.6. The zero-order valence-electron chi connectivity index (χ0n) is 15.4. The van der Waals surface area contributed by atoms with E-state index in [1.165, 1.54) is 25.6 Å². The molecule has 4 N–H and O–H groups in total. The van der Waals surface area contributed by atoms with Crippen LogP contribution in [0.15, 0.2) is 18.2 Å². The van der Waals surface area contributed by atoms with Crippen molar-refractivity contribution in [1.29, 1.82) is 0 Å². The van der Waals surface area contributed by atoms with Crippen molar-refractivity contribution in [2.75, 3.05) is 26.1 Å². The van der Waals surface area contributed by atoms with E-state index >= 15 is 0 Å². The van der Waals surface area contributed by atoms with E-state index in [9.17, 15) is 14.4 Å². The van der Waals surface area contributed by atoms with Gasteiger partial charge in [0.1, 0.15) is 11.5 Å². The number of methoxy groups -OCH3 is 2. The molecule has 1 aromatic heterocycles. The van der Waals surface area contributed by atoms with Crippen molar-refractivity contribution >= 4 is 34.2 Å². The highest BCUT2D eigenvalue weighted by Crippen LogP contribution is 2.38. The number of carbonyl (C=O) groups excluding carboxylic acids is 3. The number of aryl methyl sites for hydroxylation is 1. The number of carbonyl (C=O) groups is 3. The van der Waals surface area contributed by atoms with Crippen molar-refractivity contribution in [1.82, 2.24) is 10.3 Å². The Hall–Kier alpha value is -3.14. The van der Waals surface area contributed by atoms with Gasteiger partial charge in [-0.05, 0) is 25.0 Å². The third-order valence-electron chi connectivity index (χ3n) is 4.31. The first kappa shape index (κ1) is 19.6. The number of rotatable bonds is 7. The maximum Gasteiger partial charge on any atom is 0.257 e. The van der Waals surface area contributed by atoms with Crippen molar-refractivity contribution in [3.05, 3.63) is 34.3 Å². The van der Waals surface area contributed by atoms with E-state index in [2.05, 4.69) is 15.6 Å². The van der Waals surface area contributed by atoms with Crippen LogP contribution >= 0.6 is 11.3 Å². The third kappa shape index (κ3) is 4.22. The first-order valence-corrected chi connectivity index (χ1v) is 9.33. The van der Waals surface area contributed by atoms with E-state index in [0.717, 1.165) is 4.88 Å². The van der Waals surface area contributed by atoms with Gasteiger partial charge in [-0.15, -0.1) is 11.3 Å². The highest BCUT2D eigenvalue weighted by molar-refractivity contribution is 7.16. The Bertz CT molecular complexity index is 904. The van der Waals surface area contributed by atoms with Crippen molar-refractivity contribution in [2.24, 2.45) is 5.73 Å². The summed E-state index contributed by atoms with van der Waals surface area (Å²) >= 11 is 1.33. The smallest absolute Gasteiger partial charge is 0.257 e. The summed E-state index contributed by atoms with van der Waals surface area (Å²) in [6, 6.07) is 4.86. The summed E-state index contributed by atoms with van der Waals surface area (Å²) in [6.07, 6.45) is 1.30. The normalized spacial score (nSPS) is 14.9. The second-order valence-corrected chi connectivity index (χ2v) is 7.24. The van der Waals surface area contributed by atoms with E-state index in [4.69, 9.17) is 15.2 Å². The van der Waals surface area contributed by atoms with Crippen LogP contribution in [0.25, 0.3) is 0 Å². The van der Waals surface area contributed by atoms with Crippen LogP contribution in [0, 0.1) is 0 Å². The summed E-state index contributed by atoms with van der Waals surface area (Å²) in [4.78, 5) is 41.0. The van der Waals surface area contributed by atoms with E-state index in [-0.39, 0.29) is 18.4 Å². The minimum Gasteiger partial charge on any atom is -0.497 e. The van der Waals surface area contributed by atoms with Crippen molar-refractivity contribution < 1.29 is 23.9 Å². The lowest BCUT2D eigenvalue weighted by molar-refractivity contribution is -0.125. The average molecular weight is 404 g/mol. The van der Waals surface area contributed by atoms with Gasteiger partial charge in [-0.2, -0.15) is 0 Å². The van der Waals surface area contributed by atoms with Crippen LogP contribution in [0.1, 0.15) is 33.3 Å². The summed E-state index contributed by atoms with van der Waals surface area (Å²) in [5.41, 5.74) is 6.05. The van der Waals surface area contributed by atoms with Gasteiger partial charge in [0.2, 0.25) is 11.8 Å². The van der Waals surface area contributed by atoms with Gasteiger partial charge in [0.05, 0.1) is 32.4 Å². The molecular weight excluding hydrogens is 384 g/mol. The molecule has 1 aliphatic rings. The Labute approximate surface area is 165 Å². The SMILES string of the molecule is COc1cc(OC)cc(C(=O)Nc2nc3c(s2)CCC3C(=O)NCC(N)=O)c1. The number of hydrogen-bond acceptors (Lipinski definition) is 7. The van der Waals surface area contributed by atoms with Crippen molar-refractivity contribution in [2.45, 2.75) is 18.8 Å². The van der Waals surface area contributed by atoms with Gasteiger partial charge in [-0.3, -0.25) is 19.7 Å². The molecule has 2 aromatic rings. The highest BCUT2D eigenvalue weighted by atomic mass is 32.1. The lowest BCUT2D eigenvalue weighted by Crippen LogP contribution is -2.36. The average Bonchev–Trinajstić information content (AvgIpc) is 3.25. The Kier molecular flexibility index (Phi) is 5.78. The van der Waals surface area contributed by atoms with E-state index in [1.54, 1.807) is 18.2 Å².